The van der Waals surface area contributed by atoms with Crippen molar-refractivity contribution in [3.05, 3.63) is 76.8 Å². The molecule has 1 amide bonds. The Bertz CT molecular complexity index is 905. The van der Waals surface area contributed by atoms with Crippen LogP contribution in [-0.4, -0.2) is 10.9 Å². The first-order chi connectivity index (χ1) is 11.6. The van der Waals surface area contributed by atoms with E-state index in [4.69, 9.17) is 16.0 Å². The number of benzene rings is 1. The molecular weight excluding hydrogens is 326 g/mol. The van der Waals surface area contributed by atoms with E-state index in [0.717, 1.165) is 11.4 Å². The molecular formula is C18H14ClN3O2. The summed E-state index contributed by atoms with van der Waals surface area (Å²) < 4.78 is 5.75. The molecule has 2 aromatic heterocycles. The highest BCUT2D eigenvalue weighted by Crippen LogP contribution is 2.36. The zero-order valence-corrected chi connectivity index (χ0v) is 13.6. The van der Waals surface area contributed by atoms with Crippen LogP contribution in [0.1, 0.15) is 28.0 Å². The highest BCUT2D eigenvalue weighted by Gasteiger charge is 2.36. The van der Waals surface area contributed by atoms with Crippen molar-refractivity contribution in [1.82, 2.24) is 4.98 Å². The van der Waals surface area contributed by atoms with Gasteiger partial charge in [-0.15, -0.1) is 0 Å². The van der Waals surface area contributed by atoms with Crippen molar-refractivity contribution < 1.29 is 9.21 Å². The molecule has 1 aliphatic heterocycles. The Kier molecular flexibility index (Phi) is 3.50. The van der Waals surface area contributed by atoms with Crippen LogP contribution in [0.25, 0.3) is 0 Å². The lowest BCUT2D eigenvalue weighted by molar-refractivity contribution is 0.0970. The fourth-order valence-corrected chi connectivity index (χ4v) is 2.91. The first-order valence-corrected chi connectivity index (χ1v) is 7.88. The Labute approximate surface area is 143 Å². The summed E-state index contributed by atoms with van der Waals surface area (Å²) in [6, 6.07) is 14.6. The lowest BCUT2D eigenvalue weighted by Gasteiger charge is -2.35. The van der Waals surface area contributed by atoms with E-state index in [1.54, 1.807) is 23.1 Å². The summed E-state index contributed by atoms with van der Waals surface area (Å²) in [5.74, 6) is 1.79. The molecule has 3 heterocycles. The number of halogens is 1. The Morgan fingerprint density at radius 1 is 1.17 bits per heavy atom. The predicted molar refractivity (Wildman–Crippen MR) is 92.3 cm³/mol. The summed E-state index contributed by atoms with van der Waals surface area (Å²) >= 11 is 5.92. The van der Waals surface area contributed by atoms with Crippen LogP contribution in [0.15, 0.2) is 59.1 Å². The largest absolute Gasteiger partial charge is 0.462 e. The molecule has 6 heteroatoms. The smallest absolute Gasteiger partial charge is 0.263 e. The molecule has 24 heavy (non-hydrogen) atoms. The van der Waals surface area contributed by atoms with E-state index in [9.17, 15) is 4.79 Å². The molecule has 0 fully saturated rings. The van der Waals surface area contributed by atoms with Gasteiger partial charge < -0.3 is 9.73 Å². The molecule has 3 aromatic rings. The van der Waals surface area contributed by atoms with E-state index in [-0.39, 0.29) is 5.91 Å². The van der Waals surface area contributed by atoms with Crippen molar-refractivity contribution in [2.24, 2.45) is 0 Å². The average molecular weight is 340 g/mol. The van der Waals surface area contributed by atoms with E-state index < -0.39 is 6.17 Å². The number of hydrogen-bond donors (Lipinski definition) is 1. The SMILES string of the molecule is Cc1ccc([C@H]2Nc3ccccc3C(=O)N2c2ccc(Cl)cn2)o1. The molecule has 0 bridgehead atoms. The highest BCUT2D eigenvalue weighted by atomic mass is 35.5. The van der Waals surface area contributed by atoms with E-state index in [1.807, 2.05) is 37.3 Å². The van der Waals surface area contributed by atoms with E-state index in [1.165, 1.54) is 6.20 Å². The number of rotatable bonds is 2. The Morgan fingerprint density at radius 2 is 2.00 bits per heavy atom. The minimum atomic E-state index is -0.477. The third kappa shape index (κ3) is 2.43. The molecule has 5 nitrogen and oxygen atoms in total. The Balaban J connectivity index is 1.85. The van der Waals surface area contributed by atoms with Crippen molar-refractivity contribution in [2.45, 2.75) is 13.1 Å². The molecule has 1 aliphatic rings. The Hall–Kier alpha value is -2.79. The summed E-state index contributed by atoms with van der Waals surface area (Å²) in [5, 5.41) is 3.87. The number of aromatic nitrogens is 1. The number of nitrogens with one attached hydrogen (secondary N) is 1. The molecule has 120 valence electrons. The van der Waals surface area contributed by atoms with Crippen LogP contribution in [0, 0.1) is 6.92 Å². The highest BCUT2D eigenvalue weighted by molar-refractivity contribution is 6.30. The summed E-state index contributed by atoms with van der Waals surface area (Å²) in [4.78, 5) is 18.9. The van der Waals surface area contributed by atoms with Crippen molar-refractivity contribution in [3.8, 4) is 0 Å². The normalized spacial score (nSPS) is 16.7. The maximum Gasteiger partial charge on any atom is 0.263 e. The van der Waals surface area contributed by atoms with Crippen LogP contribution in [0.3, 0.4) is 0 Å². The minimum absolute atomic E-state index is 0.141. The molecule has 1 atom stereocenters. The van der Waals surface area contributed by atoms with Gasteiger partial charge >= 0.3 is 0 Å². The van der Waals surface area contributed by atoms with Crippen molar-refractivity contribution in [1.29, 1.82) is 0 Å². The number of hydrogen-bond acceptors (Lipinski definition) is 4. The maximum absolute atomic E-state index is 13.1. The lowest BCUT2D eigenvalue weighted by atomic mass is 10.1. The van der Waals surface area contributed by atoms with E-state index >= 15 is 0 Å². The predicted octanol–water partition coefficient (Wildman–Crippen LogP) is 4.41. The van der Waals surface area contributed by atoms with Crippen molar-refractivity contribution in [2.75, 3.05) is 10.2 Å². The topological polar surface area (TPSA) is 58.4 Å². The van der Waals surface area contributed by atoms with Crippen molar-refractivity contribution >= 4 is 29.0 Å². The van der Waals surface area contributed by atoms with Gasteiger partial charge in [-0.2, -0.15) is 0 Å². The number of furan rings is 1. The van der Waals surface area contributed by atoms with Gasteiger partial charge in [0, 0.05) is 11.9 Å². The fraction of sp³-hybridized carbons (Fsp3) is 0.111. The van der Waals surface area contributed by atoms with Crippen LogP contribution in [-0.2, 0) is 0 Å². The van der Waals surface area contributed by atoms with Gasteiger partial charge in [0.2, 0.25) is 0 Å². The third-order valence-electron chi connectivity index (χ3n) is 3.92. The van der Waals surface area contributed by atoms with E-state index in [2.05, 4.69) is 10.3 Å². The van der Waals surface area contributed by atoms with Gasteiger partial charge in [0.15, 0.2) is 6.17 Å². The first kappa shape index (κ1) is 14.8. The average Bonchev–Trinajstić information content (AvgIpc) is 3.02. The van der Waals surface area contributed by atoms with Gasteiger partial charge in [0.05, 0.1) is 10.6 Å². The number of anilines is 2. The van der Waals surface area contributed by atoms with Crippen LogP contribution in [0.2, 0.25) is 5.02 Å². The number of amides is 1. The monoisotopic (exact) mass is 339 g/mol. The number of fused-ring (bicyclic) bond motifs is 1. The number of nitrogens with zero attached hydrogens (tertiary/aromatic N) is 2. The van der Waals surface area contributed by atoms with Crippen LogP contribution < -0.4 is 10.2 Å². The second-order valence-corrected chi connectivity index (χ2v) is 5.99. The van der Waals surface area contributed by atoms with Gasteiger partial charge in [0.25, 0.3) is 5.91 Å². The molecule has 4 rings (SSSR count). The summed E-state index contributed by atoms with van der Waals surface area (Å²) in [6.07, 6.45) is 1.05. The van der Waals surface area contributed by atoms with Crippen LogP contribution >= 0.6 is 11.6 Å². The number of pyridine rings is 1. The fourth-order valence-electron chi connectivity index (χ4n) is 2.80. The summed E-state index contributed by atoms with van der Waals surface area (Å²) in [5.41, 5.74) is 1.36. The standard InChI is InChI=1S/C18H14ClN3O2/c1-11-6-8-15(24-11)17-21-14-5-3-2-4-13(14)18(23)22(17)16-9-7-12(19)10-20-16/h2-10,17,21H,1H3/t17-/m0/s1. The van der Waals surface area contributed by atoms with Gasteiger partial charge in [-0.3, -0.25) is 9.69 Å². The van der Waals surface area contributed by atoms with Crippen molar-refractivity contribution in [3.63, 3.8) is 0 Å². The molecule has 0 aliphatic carbocycles. The zero-order valence-electron chi connectivity index (χ0n) is 12.9. The summed E-state index contributed by atoms with van der Waals surface area (Å²) in [6.45, 7) is 1.87. The van der Waals surface area contributed by atoms with Crippen LogP contribution in [0.4, 0.5) is 11.5 Å². The number of carbonyl (C=O) groups is 1. The third-order valence-corrected chi connectivity index (χ3v) is 4.14. The number of para-hydroxylation sites is 1. The molecule has 0 saturated carbocycles. The van der Waals surface area contributed by atoms with E-state index in [0.29, 0.717) is 22.2 Å². The maximum atomic E-state index is 13.1. The van der Waals surface area contributed by atoms with Gasteiger partial charge in [0.1, 0.15) is 17.3 Å². The molecule has 1 aromatic carbocycles. The molecule has 0 spiro atoms. The van der Waals surface area contributed by atoms with Gasteiger partial charge in [-0.1, -0.05) is 23.7 Å². The lowest BCUT2D eigenvalue weighted by Crippen LogP contribution is -2.43. The molecule has 0 radical (unpaired) electrons. The quantitative estimate of drug-likeness (QED) is 0.751. The van der Waals surface area contributed by atoms with Gasteiger partial charge in [-0.05, 0) is 43.3 Å². The van der Waals surface area contributed by atoms with Crippen LogP contribution in [0.5, 0.6) is 0 Å². The molecule has 1 N–H and O–H groups in total. The molecule has 0 unspecified atom stereocenters. The minimum Gasteiger partial charge on any atom is -0.462 e. The summed E-state index contributed by atoms with van der Waals surface area (Å²) in [7, 11) is 0. The first-order valence-electron chi connectivity index (χ1n) is 7.50. The van der Waals surface area contributed by atoms with Gasteiger partial charge in [-0.25, -0.2) is 4.98 Å². The molecule has 0 saturated heterocycles. The zero-order chi connectivity index (χ0) is 16.7. The second kappa shape index (κ2) is 5.69. The number of carbonyl (C=O) groups excluding carboxylic acids is 1. The second-order valence-electron chi connectivity index (χ2n) is 5.55. The number of aryl methyl sites for hydroxylation is 1. The Morgan fingerprint density at radius 3 is 2.71 bits per heavy atom.